The molecular formula is C24H20N2O3. The second-order valence-electron chi connectivity index (χ2n) is 7.50. The number of Topliss-reactive ketones (excluding diaryl/α,β-unsaturated/α-hetero) is 1. The number of carbonyl (C=O) groups is 2. The molecule has 0 saturated carbocycles. The first-order valence-corrected chi connectivity index (χ1v) is 9.99. The lowest BCUT2D eigenvalue weighted by molar-refractivity contribution is 0.0281. The van der Waals surface area contributed by atoms with Crippen molar-refractivity contribution in [3.05, 3.63) is 82.8 Å². The highest BCUT2D eigenvalue weighted by Gasteiger charge is 2.31. The fourth-order valence-electron chi connectivity index (χ4n) is 4.09. The van der Waals surface area contributed by atoms with Gasteiger partial charge in [-0.1, -0.05) is 48.5 Å². The van der Waals surface area contributed by atoms with Gasteiger partial charge in [-0.3, -0.25) is 4.79 Å². The Kier molecular flexibility index (Phi) is 4.43. The molecule has 0 fully saturated rings. The first-order valence-electron chi connectivity index (χ1n) is 9.99. The molecule has 1 aliphatic heterocycles. The number of carbonyl (C=O) groups excluding carboxylic acids is 2. The third kappa shape index (κ3) is 3.23. The van der Waals surface area contributed by atoms with Crippen molar-refractivity contribution in [2.24, 2.45) is 0 Å². The predicted molar refractivity (Wildman–Crippen MR) is 108 cm³/mol. The second kappa shape index (κ2) is 7.24. The lowest BCUT2D eigenvalue weighted by Gasteiger charge is -2.18. The van der Waals surface area contributed by atoms with Crippen molar-refractivity contribution in [2.45, 2.75) is 38.2 Å². The number of esters is 1. The summed E-state index contributed by atoms with van der Waals surface area (Å²) in [7, 11) is 0. The number of hydrogen-bond acceptors (Lipinski definition) is 5. The molecule has 0 amide bonds. The quantitative estimate of drug-likeness (QED) is 0.578. The van der Waals surface area contributed by atoms with Crippen molar-refractivity contribution in [3.63, 3.8) is 0 Å². The van der Waals surface area contributed by atoms with Crippen LogP contribution in [-0.4, -0.2) is 21.7 Å². The molecular weight excluding hydrogens is 364 g/mol. The Morgan fingerprint density at radius 3 is 2.10 bits per heavy atom. The minimum atomic E-state index is -0.659. The highest BCUT2D eigenvalue weighted by atomic mass is 16.5. The van der Waals surface area contributed by atoms with Gasteiger partial charge in [-0.25, -0.2) is 14.8 Å². The van der Waals surface area contributed by atoms with Gasteiger partial charge in [0.05, 0.1) is 23.4 Å². The molecule has 3 aromatic rings. The SMILES string of the molecule is O=C1OC(c2ccccc2)CC(=O)c2nc3c(nc2-c2ccccc21)CCCC3. The molecule has 5 heteroatoms. The summed E-state index contributed by atoms with van der Waals surface area (Å²) in [6.45, 7) is 0. The topological polar surface area (TPSA) is 69.2 Å². The van der Waals surface area contributed by atoms with Gasteiger partial charge >= 0.3 is 5.97 Å². The number of ketones is 1. The Morgan fingerprint density at radius 1 is 0.759 bits per heavy atom. The van der Waals surface area contributed by atoms with E-state index < -0.39 is 12.1 Å². The average molecular weight is 384 g/mol. The van der Waals surface area contributed by atoms with E-state index in [2.05, 4.69) is 0 Å². The molecule has 1 atom stereocenters. The Morgan fingerprint density at radius 2 is 1.38 bits per heavy atom. The molecule has 29 heavy (non-hydrogen) atoms. The molecule has 5 rings (SSSR count). The number of fused-ring (bicyclic) bond motifs is 4. The predicted octanol–water partition coefficient (Wildman–Crippen LogP) is 4.51. The molecule has 0 bridgehead atoms. The van der Waals surface area contributed by atoms with Gasteiger partial charge in [-0.2, -0.15) is 0 Å². The van der Waals surface area contributed by atoms with Crippen LogP contribution >= 0.6 is 0 Å². The van der Waals surface area contributed by atoms with Gasteiger partial charge in [0, 0.05) is 5.56 Å². The number of aryl methyl sites for hydroxylation is 2. The van der Waals surface area contributed by atoms with Crippen LogP contribution < -0.4 is 0 Å². The highest BCUT2D eigenvalue weighted by Crippen LogP contribution is 2.34. The Bertz CT molecular complexity index is 1110. The fourth-order valence-corrected chi connectivity index (χ4v) is 4.09. The van der Waals surface area contributed by atoms with E-state index in [1.807, 2.05) is 42.5 Å². The van der Waals surface area contributed by atoms with Crippen LogP contribution in [0, 0.1) is 0 Å². The van der Waals surface area contributed by atoms with E-state index in [0.717, 1.165) is 42.6 Å². The number of rotatable bonds is 1. The van der Waals surface area contributed by atoms with Crippen molar-refractivity contribution < 1.29 is 14.3 Å². The summed E-state index contributed by atoms with van der Waals surface area (Å²) in [5, 5.41) is 0. The molecule has 5 nitrogen and oxygen atoms in total. The van der Waals surface area contributed by atoms with E-state index in [1.165, 1.54) is 0 Å². The zero-order valence-electron chi connectivity index (χ0n) is 15.9. The van der Waals surface area contributed by atoms with Crippen LogP contribution in [0.1, 0.15) is 63.2 Å². The minimum Gasteiger partial charge on any atom is -0.453 e. The number of ether oxygens (including phenoxy) is 1. The monoisotopic (exact) mass is 384 g/mol. The number of aromatic nitrogens is 2. The average Bonchev–Trinajstić information content (AvgIpc) is 2.81. The van der Waals surface area contributed by atoms with E-state index >= 15 is 0 Å². The van der Waals surface area contributed by atoms with Crippen LogP contribution in [0.25, 0.3) is 11.3 Å². The van der Waals surface area contributed by atoms with E-state index in [0.29, 0.717) is 22.5 Å². The molecule has 0 radical (unpaired) electrons. The van der Waals surface area contributed by atoms with Crippen molar-refractivity contribution in [1.82, 2.24) is 9.97 Å². The minimum absolute atomic E-state index is 0.0458. The molecule has 144 valence electrons. The van der Waals surface area contributed by atoms with Gasteiger partial charge in [-0.15, -0.1) is 0 Å². The molecule has 2 aliphatic rings. The van der Waals surface area contributed by atoms with E-state index in [4.69, 9.17) is 14.7 Å². The zero-order valence-corrected chi connectivity index (χ0v) is 15.9. The summed E-state index contributed by atoms with van der Waals surface area (Å²) in [5.41, 5.74) is 4.49. The Balaban J connectivity index is 1.71. The van der Waals surface area contributed by atoms with Crippen LogP contribution in [0.2, 0.25) is 0 Å². The summed E-state index contributed by atoms with van der Waals surface area (Å²) >= 11 is 0. The lowest BCUT2D eigenvalue weighted by Crippen LogP contribution is -2.17. The molecule has 1 aromatic heterocycles. The number of hydrogen-bond donors (Lipinski definition) is 0. The van der Waals surface area contributed by atoms with E-state index in [1.54, 1.807) is 12.1 Å². The maximum absolute atomic E-state index is 13.3. The van der Waals surface area contributed by atoms with Crippen molar-refractivity contribution >= 4 is 11.8 Å². The third-order valence-electron chi connectivity index (χ3n) is 5.59. The summed E-state index contributed by atoms with van der Waals surface area (Å²) < 4.78 is 5.80. The lowest BCUT2D eigenvalue weighted by atomic mass is 9.96. The van der Waals surface area contributed by atoms with Gasteiger partial charge in [0.1, 0.15) is 17.5 Å². The summed E-state index contributed by atoms with van der Waals surface area (Å²) in [5.74, 6) is -0.603. The molecule has 2 aromatic carbocycles. The normalized spacial score (nSPS) is 18.4. The smallest absolute Gasteiger partial charge is 0.339 e. The van der Waals surface area contributed by atoms with Crippen molar-refractivity contribution in [2.75, 3.05) is 0 Å². The summed E-state index contributed by atoms with van der Waals surface area (Å²) in [4.78, 5) is 35.9. The molecule has 0 N–H and O–H groups in total. The Hall–Kier alpha value is -3.34. The molecule has 1 aliphatic carbocycles. The molecule has 2 heterocycles. The first kappa shape index (κ1) is 17.7. The number of cyclic esters (lactones) is 1. The van der Waals surface area contributed by atoms with Crippen LogP contribution in [0.3, 0.4) is 0 Å². The fraction of sp³-hybridized carbons (Fsp3) is 0.250. The van der Waals surface area contributed by atoms with Gasteiger partial charge in [-0.05, 0) is 37.3 Å². The molecule has 1 unspecified atom stereocenters. The van der Waals surface area contributed by atoms with Crippen LogP contribution in [0.15, 0.2) is 54.6 Å². The maximum Gasteiger partial charge on any atom is 0.339 e. The van der Waals surface area contributed by atoms with E-state index in [9.17, 15) is 9.59 Å². The third-order valence-corrected chi connectivity index (χ3v) is 5.59. The van der Waals surface area contributed by atoms with Gasteiger partial charge in [0.15, 0.2) is 5.78 Å². The van der Waals surface area contributed by atoms with Gasteiger partial charge < -0.3 is 4.74 Å². The molecule has 0 saturated heterocycles. The van der Waals surface area contributed by atoms with Crippen molar-refractivity contribution in [3.8, 4) is 11.3 Å². The molecule has 0 spiro atoms. The standard InChI is InChI=1S/C24H20N2O3/c27-20-14-21(15-8-2-1-3-9-15)29-24(28)17-11-5-4-10-16(17)22-23(20)26-19-13-7-6-12-18(19)25-22/h1-5,8-11,21H,6-7,12-14H2. The van der Waals surface area contributed by atoms with E-state index in [-0.39, 0.29) is 12.2 Å². The zero-order chi connectivity index (χ0) is 19.8. The van der Waals surface area contributed by atoms with Crippen molar-refractivity contribution in [1.29, 1.82) is 0 Å². The van der Waals surface area contributed by atoms with Gasteiger partial charge in [0.2, 0.25) is 0 Å². The number of benzene rings is 2. The second-order valence-corrected chi connectivity index (χ2v) is 7.50. The highest BCUT2D eigenvalue weighted by molar-refractivity contribution is 6.05. The summed E-state index contributed by atoms with van der Waals surface area (Å²) in [6.07, 6.45) is 3.19. The van der Waals surface area contributed by atoms with Gasteiger partial charge in [0.25, 0.3) is 0 Å². The summed E-state index contributed by atoms with van der Waals surface area (Å²) in [6, 6.07) is 16.6. The number of nitrogens with zero attached hydrogens (tertiary/aromatic N) is 2. The largest absolute Gasteiger partial charge is 0.453 e. The maximum atomic E-state index is 13.3. The Labute approximate surface area is 168 Å². The first-order chi connectivity index (χ1) is 14.2. The van der Waals surface area contributed by atoms with Crippen LogP contribution in [0.4, 0.5) is 0 Å². The van der Waals surface area contributed by atoms with Crippen LogP contribution in [-0.2, 0) is 17.6 Å². The van der Waals surface area contributed by atoms with Crippen LogP contribution in [0.5, 0.6) is 0 Å².